The van der Waals surface area contributed by atoms with Crippen molar-refractivity contribution in [1.82, 2.24) is 4.90 Å². The van der Waals surface area contributed by atoms with Crippen molar-refractivity contribution >= 4 is 23.2 Å². The van der Waals surface area contributed by atoms with Crippen LogP contribution in [-0.2, 0) is 14.3 Å². The SMILES string of the molecule is CC(C)CN(CC(F)F)[C@H](C[NH-])C(=O)Nc1ccc(N2CCOCC2=O)cc1. The minimum atomic E-state index is -2.58. The molecule has 2 N–H and O–H groups in total. The van der Waals surface area contributed by atoms with Crippen LogP contribution in [0.2, 0.25) is 0 Å². The molecule has 1 heterocycles. The van der Waals surface area contributed by atoms with Crippen molar-refractivity contribution in [3.63, 3.8) is 0 Å². The van der Waals surface area contributed by atoms with Gasteiger partial charge in [0.2, 0.25) is 5.91 Å². The summed E-state index contributed by atoms with van der Waals surface area (Å²) in [7, 11) is 0. The molecule has 0 aliphatic carbocycles. The molecule has 0 unspecified atom stereocenters. The van der Waals surface area contributed by atoms with E-state index in [0.717, 1.165) is 0 Å². The molecule has 0 saturated carbocycles. The molecule has 0 radical (unpaired) electrons. The maximum Gasteiger partial charge on any atom is 0.253 e. The number of nitrogens with one attached hydrogen (secondary N) is 2. The second-order valence-electron chi connectivity index (χ2n) is 7.09. The van der Waals surface area contributed by atoms with Gasteiger partial charge < -0.3 is 20.7 Å². The molecule has 1 saturated heterocycles. The van der Waals surface area contributed by atoms with Crippen molar-refractivity contribution < 1.29 is 23.1 Å². The Labute approximate surface area is 163 Å². The first kappa shape index (κ1) is 22.2. The van der Waals surface area contributed by atoms with Gasteiger partial charge in [0.05, 0.1) is 19.2 Å². The Morgan fingerprint density at radius 2 is 1.96 bits per heavy atom. The second kappa shape index (κ2) is 10.4. The Bertz CT molecular complexity index is 645. The molecule has 0 spiro atoms. The van der Waals surface area contributed by atoms with E-state index in [4.69, 9.17) is 10.5 Å². The third kappa shape index (κ3) is 6.22. The predicted octanol–water partition coefficient (Wildman–Crippen LogP) is 2.63. The minimum Gasteiger partial charge on any atom is -0.676 e. The van der Waals surface area contributed by atoms with Gasteiger partial charge in [-0.1, -0.05) is 13.8 Å². The van der Waals surface area contributed by atoms with Gasteiger partial charge in [-0.25, -0.2) is 8.78 Å². The Hall–Kier alpha value is -2.10. The number of anilines is 2. The topological polar surface area (TPSA) is 85.7 Å². The molecule has 9 heteroatoms. The number of halogens is 2. The van der Waals surface area contributed by atoms with Crippen molar-refractivity contribution in [2.75, 3.05) is 49.6 Å². The van der Waals surface area contributed by atoms with Gasteiger partial charge in [-0.05, 0) is 30.2 Å². The molecule has 1 atom stereocenters. The molecule has 0 aromatic heterocycles. The lowest BCUT2D eigenvalue weighted by atomic mass is 10.1. The van der Waals surface area contributed by atoms with Crippen molar-refractivity contribution in [2.24, 2.45) is 5.92 Å². The first-order chi connectivity index (χ1) is 13.3. The fourth-order valence-electron chi connectivity index (χ4n) is 3.10. The standard InChI is InChI=1S/C19H27F2N4O3/c1-13(2)10-24(11-17(20)21)16(9-22)19(27)23-14-3-5-15(6-4-14)25-7-8-28-12-18(25)26/h3-6,13,16-17,22H,7-12H2,1-2H3,(H,23,27)/q-1/t16-/m1/s1. The average Bonchev–Trinajstić information content (AvgIpc) is 2.62. The lowest BCUT2D eigenvalue weighted by Crippen LogP contribution is -2.49. The first-order valence-corrected chi connectivity index (χ1v) is 9.27. The van der Waals surface area contributed by atoms with Gasteiger partial charge in [0.25, 0.3) is 12.3 Å². The highest BCUT2D eigenvalue weighted by molar-refractivity contribution is 5.97. The molecule has 1 aliphatic heterocycles. The maximum absolute atomic E-state index is 12.9. The fourth-order valence-corrected chi connectivity index (χ4v) is 3.10. The quantitative estimate of drug-likeness (QED) is 0.694. The lowest BCUT2D eigenvalue weighted by Gasteiger charge is -2.33. The smallest absolute Gasteiger partial charge is 0.253 e. The van der Waals surface area contributed by atoms with Crippen LogP contribution in [0.15, 0.2) is 24.3 Å². The molecule has 0 bridgehead atoms. The fraction of sp³-hybridized carbons (Fsp3) is 0.579. The predicted molar refractivity (Wildman–Crippen MR) is 104 cm³/mol. The third-order valence-corrected chi connectivity index (χ3v) is 4.34. The van der Waals surface area contributed by atoms with E-state index < -0.39 is 24.9 Å². The summed E-state index contributed by atoms with van der Waals surface area (Å²) in [6, 6.07) is 5.75. The number of rotatable bonds is 9. The molecule has 2 rings (SSSR count). The zero-order valence-electron chi connectivity index (χ0n) is 16.2. The molecule has 1 aromatic carbocycles. The van der Waals surface area contributed by atoms with Crippen molar-refractivity contribution in [1.29, 1.82) is 0 Å². The van der Waals surface area contributed by atoms with Gasteiger partial charge in [-0.3, -0.25) is 14.5 Å². The number of amides is 2. The second-order valence-corrected chi connectivity index (χ2v) is 7.09. The summed E-state index contributed by atoms with van der Waals surface area (Å²) >= 11 is 0. The van der Waals surface area contributed by atoms with Crippen molar-refractivity contribution in [3.05, 3.63) is 30.0 Å². The van der Waals surface area contributed by atoms with E-state index in [1.54, 1.807) is 29.2 Å². The van der Waals surface area contributed by atoms with Crippen LogP contribution in [0, 0.1) is 5.92 Å². The van der Waals surface area contributed by atoms with Gasteiger partial charge in [0.15, 0.2) is 0 Å². The number of carbonyl (C=O) groups excluding carboxylic acids is 2. The summed E-state index contributed by atoms with van der Waals surface area (Å²) in [5.41, 5.74) is 8.84. The molecule has 1 aliphatic rings. The highest BCUT2D eigenvalue weighted by Crippen LogP contribution is 2.20. The van der Waals surface area contributed by atoms with E-state index >= 15 is 0 Å². The van der Waals surface area contributed by atoms with E-state index in [1.807, 2.05) is 13.8 Å². The Morgan fingerprint density at radius 3 is 2.50 bits per heavy atom. The van der Waals surface area contributed by atoms with E-state index in [1.165, 1.54) is 4.90 Å². The number of carbonyl (C=O) groups is 2. The maximum atomic E-state index is 12.9. The zero-order chi connectivity index (χ0) is 20.7. The summed E-state index contributed by atoms with van der Waals surface area (Å²) in [4.78, 5) is 27.4. The lowest BCUT2D eigenvalue weighted by molar-refractivity contribution is -0.125. The van der Waals surface area contributed by atoms with E-state index in [2.05, 4.69) is 5.32 Å². The van der Waals surface area contributed by atoms with Crippen LogP contribution in [-0.4, -0.2) is 68.6 Å². The highest BCUT2D eigenvalue weighted by Gasteiger charge is 2.26. The number of hydrogen-bond donors (Lipinski definition) is 1. The third-order valence-electron chi connectivity index (χ3n) is 4.34. The van der Waals surface area contributed by atoms with Gasteiger partial charge in [0, 0.05) is 24.5 Å². The normalized spacial score (nSPS) is 16.1. The van der Waals surface area contributed by atoms with E-state index in [0.29, 0.717) is 31.1 Å². The van der Waals surface area contributed by atoms with Crippen LogP contribution in [0.3, 0.4) is 0 Å². The van der Waals surface area contributed by atoms with Gasteiger partial charge in [0.1, 0.15) is 6.61 Å². The van der Waals surface area contributed by atoms with Crippen LogP contribution in [0.25, 0.3) is 5.73 Å². The molecule has 7 nitrogen and oxygen atoms in total. The number of hydrogen-bond acceptors (Lipinski definition) is 4. The summed E-state index contributed by atoms with van der Waals surface area (Å²) in [5, 5.41) is 2.69. The van der Waals surface area contributed by atoms with Crippen LogP contribution in [0.1, 0.15) is 13.8 Å². The van der Waals surface area contributed by atoms with Crippen LogP contribution >= 0.6 is 0 Å². The largest absolute Gasteiger partial charge is 0.676 e. The molecule has 28 heavy (non-hydrogen) atoms. The monoisotopic (exact) mass is 397 g/mol. The number of ether oxygens (including phenoxy) is 1. The minimum absolute atomic E-state index is 0.0412. The van der Waals surface area contributed by atoms with Crippen LogP contribution in [0.4, 0.5) is 20.2 Å². The number of morpholine rings is 1. The van der Waals surface area contributed by atoms with E-state index in [-0.39, 0.29) is 25.0 Å². The Balaban J connectivity index is 2.05. The Kier molecular flexibility index (Phi) is 8.28. The van der Waals surface area contributed by atoms with Gasteiger partial charge >= 0.3 is 0 Å². The van der Waals surface area contributed by atoms with Gasteiger partial charge in [-0.2, -0.15) is 0 Å². The van der Waals surface area contributed by atoms with Gasteiger partial charge in [-0.15, -0.1) is 6.54 Å². The molecule has 2 amide bonds. The van der Waals surface area contributed by atoms with Crippen LogP contribution in [0.5, 0.6) is 0 Å². The Morgan fingerprint density at radius 1 is 1.29 bits per heavy atom. The molecule has 1 aromatic rings. The summed E-state index contributed by atoms with van der Waals surface area (Å²) < 4.78 is 30.9. The molecular formula is C19H27F2N4O3-. The first-order valence-electron chi connectivity index (χ1n) is 9.27. The number of nitrogens with zero attached hydrogens (tertiary/aromatic N) is 2. The van der Waals surface area contributed by atoms with Crippen molar-refractivity contribution in [2.45, 2.75) is 26.3 Å². The number of alkyl halides is 2. The molecular weight excluding hydrogens is 370 g/mol. The summed E-state index contributed by atoms with van der Waals surface area (Å²) in [6.07, 6.45) is -2.58. The van der Waals surface area contributed by atoms with Crippen molar-refractivity contribution in [3.8, 4) is 0 Å². The highest BCUT2D eigenvalue weighted by atomic mass is 19.3. The van der Waals surface area contributed by atoms with E-state index in [9.17, 15) is 18.4 Å². The summed E-state index contributed by atoms with van der Waals surface area (Å²) in [5.74, 6) is -0.536. The zero-order valence-corrected chi connectivity index (χ0v) is 16.2. The van der Waals surface area contributed by atoms with Crippen LogP contribution < -0.4 is 10.2 Å². The molecule has 1 fully saturated rings. The number of benzene rings is 1. The molecule has 156 valence electrons. The average molecular weight is 397 g/mol. The summed E-state index contributed by atoms with van der Waals surface area (Å²) in [6.45, 7) is 4.16.